The first-order valence-corrected chi connectivity index (χ1v) is 5.45. The van der Waals surface area contributed by atoms with Crippen LogP contribution < -0.4 is 0 Å². The highest BCUT2D eigenvalue weighted by molar-refractivity contribution is 7.89. The van der Waals surface area contributed by atoms with Crippen LogP contribution in [0.5, 0.6) is 0 Å². The van der Waals surface area contributed by atoms with Crippen LogP contribution in [0, 0.1) is 6.92 Å². The molecule has 1 heterocycles. The third-order valence-corrected chi connectivity index (χ3v) is 3.63. The van der Waals surface area contributed by atoms with E-state index in [0.717, 1.165) is 0 Å². The first kappa shape index (κ1) is 10.3. The van der Waals surface area contributed by atoms with Gasteiger partial charge >= 0.3 is 0 Å². The highest BCUT2D eigenvalue weighted by Crippen LogP contribution is 2.16. The zero-order valence-corrected chi connectivity index (χ0v) is 8.76. The molecule has 0 radical (unpaired) electrons. The van der Waals surface area contributed by atoms with E-state index in [-0.39, 0.29) is 5.09 Å². The molecule has 74 valence electrons. The van der Waals surface area contributed by atoms with Gasteiger partial charge in [-0.15, -0.1) is 0 Å². The number of aryl methyl sites for hydroxylation is 1. The normalized spacial score (nSPS) is 12.3. The minimum atomic E-state index is -3.40. The Morgan fingerprint density at radius 2 is 2.08 bits per heavy atom. The summed E-state index contributed by atoms with van der Waals surface area (Å²) in [7, 11) is -1.88. The number of rotatable bonds is 3. The summed E-state index contributed by atoms with van der Waals surface area (Å²) >= 11 is 0. The second-order valence-electron chi connectivity index (χ2n) is 2.78. The summed E-state index contributed by atoms with van der Waals surface area (Å²) in [6.07, 6.45) is 0. The monoisotopic (exact) mass is 203 g/mol. The van der Waals surface area contributed by atoms with Gasteiger partial charge in [0.15, 0.2) is 0 Å². The van der Waals surface area contributed by atoms with Crippen LogP contribution in [0.4, 0.5) is 0 Å². The van der Waals surface area contributed by atoms with Crippen molar-refractivity contribution >= 4 is 10.0 Å². The maximum Gasteiger partial charge on any atom is 0.276 e. The van der Waals surface area contributed by atoms with E-state index < -0.39 is 10.0 Å². The molecule has 0 bridgehead atoms. The van der Waals surface area contributed by atoms with E-state index in [1.54, 1.807) is 19.9 Å². The van der Waals surface area contributed by atoms with Crippen LogP contribution in [-0.4, -0.2) is 26.3 Å². The van der Waals surface area contributed by atoms with Crippen molar-refractivity contribution in [1.29, 1.82) is 0 Å². The van der Waals surface area contributed by atoms with E-state index in [1.807, 2.05) is 0 Å². The molecule has 1 aromatic heterocycles. The highest BCUT2D eigenvalue weighted by Gasteiger charge is 2.22. The molecule has 0 unspecified atom stereocenters. The first-order valence-electron chi connectivity index (χ1n) is 4.01. The lowest BCUT2D eigenvalue weighted by Crippen LogP contribution is -2.26. The van der Waals surface area contributed by atoms with Gasteiger partial charge in [0.2, 0.25) is 5.09 Å². The minimum Gasteiger partial charge on any atom is -0.449 e. The van der Waals surface area contributed by atoms with Crippen LogP contribution in [0.3, 0.4) is 0 Å². The largest absolute Gasteiger partial charge is 0.449 e. The molecule has 1 aromatic rings. The minimum absolute atomic E-state index is 0.00866. The van der Waals surface area contributed by atoms with Crippen LogP contribution in [0.15, 0.2) is 21.6 Å². The van der Waals surface area contributed by atoms with E-state index in [4.69, 9.17) is 4.42 Å². The van der Waals surface area contributed by atoms with Crippen molar-refractivity contribution in [3.63, 3.8) is 0 Å². The summed E-state index contributed by atoms with van der Waals surface area (Å²) < 4.78 is 29.5. The number of furan rings is 1. The van der Waals surface area contributed by atoms with Crippen molar-refractivity contribution in [1.82, 2.24) is 4.31 Å². The average Bonchev–Trinajstić information content (AvgIpc) is 2.50. The quantitative estimate of drug-likeness (QED) is 0.742. The SMILES string of the molecule is CCN(C)S(=O)(=O)c1ccc(C)o1. The van der Waals surface area contributed by atoms with Crippen LogP contribution in [0.2, 0.25) is 0 Å². The molecule has 0 aromatic carbocycles. The molecule has 0 spiro atoms. The Hall–Kier alpha value is -0.810. The zero-order chi connectivity index (χ0) is 10.1. The zero-order valence-electron chi connectivity index (χ0n) is 7.94. The molecule has 0 N–H and O–H groups in total. The summed E-state index contributed by atoms with van der Waals surface area (Å²) in [5, 5.41) is 0.00866. The topological polar surface area (TPSA) is 50.5 Å². The fourth-order valence-corrected chi connectivity index (χ4v) is 2.00. The number of hydrogen-bond donors (Lipinski definition) is 0. The molecule has 0 aliphatic carbocycles. The molecule has 1 rings (SSSR count). The van der Waals surface area contributed by atoms with Crippen molar-refractivity contribution in [2.24, 2.45) is 0 Å². The van der Waals surface area contributed by atoms with Gasteiger partial charge in [0.05, 0.1) is 0 Å². The Bertz CT molecular complexity index is 380. The second-order valence-corrected chi connectivity index (χ2v) is 4.76. The highest BCUT2D eigenvalue weighted by atomic mass is 32.2. The van der Waals surface area contributed by atoms with Crippen molar-refractivity contribution in [2.75, 3.05) is 13.6 Å². The average molecular weight is 203 g/mol. The van der Waals surface area contributed by atoms with Gasteiger partial charge in [0.1, 0.15) is 5.76 Å². The van der Waals surface area contributed by atoms with Gasteiger partial charge < -0.3 is 4.42 Å². The van der Waals surface area contributed by atoms with E-state index >= 15 is 0 Å². The molecule has 0 amide bonds. The molecule has 5 heteroatoms. The molecule has 13 heavy (non-hydrogen) atoms. The van der Waals surface area contributed by atoms with Crippen molar-refractivity contribution in [2.45, 2.75) is 18.9 Å². The lowest BCUT2D eigenvalue weighted by molar-refractivity contribution is 0.401. The summed E-state index contributed by atoms with van der Waals surface area (Å²) in [5.41, 5.74) is 0. The van der Waals surface area contributed by atoms with Gasteiger partial charge in [-0.05, 0) is 19.1 Å². The summed E-state index contributed by atoms with van der Waals surface area (Å²) in [4.78, 5) is 0. The Kier molecular flexibility index (Phi) is 2.77. The lowest BCUT2D eigenvalue weighted by atomic mass is 10.5. The molecule has 0 saturated heterocycles. The Morgan fingerprint density at radius 3 is 2.46 bits per heavy atom. The van der Waals surface area contributed by atoms with Crippen LogP contribution >= 0.6 is 0 Å². The van der Waals surface area contributed by atoms with Crippen molar-refractivity contribution in [3.05, 3.63) is 17.9 Å². The molecule has 0 fully saturated rings. The van der Waals surface area contributed by atoms with E-state index in [1.165, 1.54) is 17.4 Å². The van der Waals surface area contributed by atoms with E-state index in [2.05, 4.69) is 0 Å². The maximum absolute atomic E-state index is 11.6. The van der Waals surface area contributed by atoms with Gasteiger partial charge in [-0.3, -0.25) is 0 Å². The molecule has 0 atom stereocenters. The van der Waals surface area contributed by atoms with Gasteiger partial charge in [-0.25, -0.2) is 8.42 Å². The van der Waals surface area contributed by atoms with Gasteiger partial charge in [-0.1, -0.05) is 6.92 Å². The smallest absolute Gasteiger partial charge is 0.276 e. The molecule has 4 nitrogen and oxygen atoms in total. The molecule has 0 aliphatic rings. The Balaban J connectivity index is 3.08. The summed E-state index contributed by atoms with van der Waals surface area (Å²) in [6, 6.07) is 3.10. The number of nitrogens with zero attached hydrogens (tertiary/aromatic N) is 1. The van der Waals surface area contributed by atoms with Crippen molar-refractivity contribution < 1.29 is 12.8 Å². The Morgan fingerprint density at radius 1 is 1.46 bits per heavy atom. The standard InChI is InChI=1S/C8H13NO3S/c1-4-9(3)13(10,11)8-6-5-7(2)12-8/h5-6H,4H2,1-3H3. The second kappa shape index (κ2) is 3.51. The van der Waals surface area contributed by atoms with Crippen LogP contribution in [0.1, 0.15) is 12.7 Å². The van der Waals surface area contributed by atoms with Crippen LogP contribution in [0.25, 0.3) is 0 Å². The predicted octanol–water partition coefficient (Wildman–Crippen LogP) is 1.23. The fraction of sp³-hybridized carbons (Fsp3) is 0.500. The van der Waals surface area contributed by atoms with Gasteiger partial charge in [0, 0.05) is 13.6 Å². The molecule has 0 aliphatic heterocycles. The van der Waals surface area contributed by atoms with E-state index in [0.29, 0.717) is 12.3 Å². The van der Waals surface area contributed by atoms with E-state index in [9.17, 15) is 8.42 Å². The maximum atomic E-state index is 11.6. The molecular weight excluding hydrogens is 190 g/mol. The summed E-state index contributed by atoms with van der Waals surface area (Å²) in [5.74, 6) is 0.600. The molecular formula is C8H13NO3S. The predicted molar refractivity (Wildman–Crippen MR) is 48.9 cm³/mol. The third kappa shape index (κ3) is 1.92. The fourth-order valence-electron chi connectivity index (χ4n) is 0.874. The van der Waals surface area contributed by atoms with Crippen molar-refractivity contribution in [3.8, 4) is 0 Å². The van der Waals surface area contributed by atoms with Gasteiger partial charge in [0.25, 0.3) is 10.0 Å². The number of sulfonamides is 1. The number of hydrogen-bond acceptors (Lipinski definition) is 3. The lowest BCUT2D eigenvalue weighted by Gasteiger charge is -2.11. The first-order chi connectivity index (χ1) is 5.98. The Labute approximate surface area is 78.2 Å². The third-order valence-electron chi connectivity index (χ3n) is 1.83. The van der Waals surface area contributed by atoms with Crippen LogP contribution in [-0.2, 0) is 10.0 Å². The molecule has 0 saturated carbocycles. The van der Waals surface area contributed by atoms with Gasteiger partial charge in [-0.2, -0.15) is 4.31 Å². The summed E-state index contributed by atoms with van der Waals surface area (Å²) in [6.45, 7) is 3.92.